The second-order valence-electron chi connectivity index (χ2n) is 4.82. The van der Waals surface area contributed by atoms with Gasteiger partial charge < -0.3 is 10.2 Å². The standard InChI is InChI=1S/C11H22O2/c1-8(2)7-9-3-5-10(6-4-9)11(12)13/h8-13H,3-7H2,1-2H3. The highest BCUT2D eigenvalue weighted by atomic mass is 16.5. The molecule has 1 aliphatic carbocycles. The van der Waals surface area contributed by atoms with Crippen LogP contribution in [0.5, 0.6) is 0 Å². The average Bonchev–Trinajstić information content (AvgIpc) is 2.04. The first-order valence-corrected chi connectivity index (χ1v) is 5.45. The molecule has 0 atom stereocenters. The van der Waals surface area contributed by atoms with Crippen LogP contribution in [0.25, 0.3) is 0 Å². The molecule has 0 aromatic rings. The van der Waals surface area contributed by atoms with Gasteiger partial charge >= 0.3 is 0 Å². The van der Waals surface area contributed by atoms with Crippen molar-refractivity contribution in [2.24, 2.45) is 17.8 Å². The lowest BCUT2D eigenvalue weighted by atomic mass is 9.78. The van der Waals surface area contributed by atoms with E-state index < -0.39 is 6.29 Å². The van der Waals surface area contributed by atoms with Crippen LogP contribution in [0.1, 0.15) is 46.0 Å². The van der Waals surface area contributed by atoms with Gasteiger partial charge in [0.1, 0.15) is 0 Å². The monoisotopic (exact) mass is 186 g/mol. The van der Waals surface area contributed by atoms with Crippen molar-refractivity contribution in [1.82, 2.24) is 0 Å². The highest BCUT2D eigenvalue weighted by Crippen LogP contribution is 2.33. The molecule has 1 saturated carbocycles. The van der Waals surface area contributed by atoms with Gasteiger partial charge in [-0.3, -0.25) is 0 Å². The molecule has 2 nitrogen and oxygen atoms in total. The first kappa shape index (κ1) is 11.0. The van der Waals surface area contributed by atoms with Crippen molar-refractivity contribution < 1.29 is 10.2 Å². The predicted octanol–water partition coefficient (Wildman–Crippen LogP) is 2.15. The van der Waals surface area contributed by atoms with Crippen molar-refractivity contribution in [3.63, 3.8) is 0 Å². The van der Waals surface area contributed by atoms with Gasteiger partial charge in [-0.25, -0.2) is 0 Å². The van der Waals surface area contributed by atoms with E-state index in [1.165, 1.54) is 19.3 Å². The summed E-state index contributed by atoms with van der Waals surface area (Å²) in [5.74, 6) is 1.75. The summed E-state index contributed by atoms with van der Waals surface area (Å²) in [6, 6.07) is 0. The van der Waals surface area contributed by atoms with Crippen LogP contribution in [0.2, 0.25) is 0 Å². The fourth-order valence-electron chi connectivity index (χ4n) is 2.39. The molecule has 1 aliphatic rings. The second-order valence-corrected chi connectivity index (χ2v) is 4.82. The fraction of sp³-hybridized carbons (Fsp3) is 1.00. The Morgan fingerprint density at radius 2 is 1.62 bits per heavy atom. The highest BCUT2D eigenvalue weighted by molar-refractivity contribution is 4.74. The fourth-order valence-corrected chi connectivity index (χ4v) is 2.39. The zero-order valence-electron chi connectivity index (χ0n) is 8.74. The van der Waals surface area contributed by atoms with Gasteiger partial charge in [-0.2, -0.15) is 0 Å². The second kappa shape index (κ2) is 4.97. The number of aliphatic hydroxyl groups excluding tert-OH is 1. The van der Waals surface area contributed by atoms with Crippen LogP contribution in [-0.4, -0.2) is 16.5 Å². The summed E-state index contributed by atoms with van der Waals surface area (Å²) in [6.07, 6.45) is 4.57. The zero-order valence-corrected chi connectivity index (χ0v) is 8.74. The van der Waals surface area contributed by atoms with Gasteiger partial charge in [-0.15, -0.1) is 0 Å². The number of hydrogen-bond donors (Lipinski definition) is 2. The van der Waals surface area contributed by atoms with Gasteiger partial charge in [0.2, 0.25) is 0 Å². The smallest absolute Gasteiger partial charge is 0.154 e. The maximum Gasteiger partial charge on any atom is 0.154 e. The van der Waals surface area contributed by atoms with Crippen LogP contribution in [0.3, 0.4) is 0 Å². The Hall–Kier alpha value is -0.0800. The normalized spacial score (nSPS) is 30.0. The summed E-state index contributed by atoms with van der Waals surface area (Å²) in [5.41, 5.74) is 0. The molecule has 78 valence electrons. The molecule has 2 N–H and O–H groups in total. The van der Waals surface area contributed by atoms with Crippen molar-refractivity contribution in [3.8, 4) is 0 Å². The van der Waals surface area contributed by atoms with Gasteiger partial charge in [-0.1, -0.05) is 13.8 Å². The van der Waals surface area contributed by atoms with E-state index in [-0.39, 0.29) is 5.92 Å². The van der Waals surface area contributed by atoms with Crippen LogP contribution in [0.15, 0.2) is 0 Å². The summed E-state index contributed by atoms with van der Waals surface area (Å²) in [5, 5.41) is 18.0. The van der Waals surface area contributed by atoms with Crippen LogP contribution in [0, 0.1) is 17.8 Å². The van der Waals surface area contributed by atoms with Gasteiger partial charge in [0.15, 0.2) is 6.29 Å². The summed E-state index contributed by atoms with van der Waals surface area (Å²) >= 11 is 0. The maximum atomic E-state index is 9.00. The molecule has 0 unspecified atom stereocenters. The van der Waals surface area contributed by atoms with E-state index in [4.69, 9.17) is 10.2 Å². The minimum absolute atomic E-state index is 0.142. The summed E-state index contributed by atoms with van der Waals surface area (Å²) in [7, 11) is 0. The highest BCUT2D eigenvalue weighted by Gasteiger charge is 2.25. The summed E-state index contributed by atoms with van der Waals surface area (Å²) in [6.45, 7) is 4.51. The SMILES string of the molecule is CC(C)CC1CCC(C(O)O)CC1. The van der Waals surface area contributed by atoms with Crippen molar-refractivity contribution in [3.05, 3.63) is 0 Å². The first-order valence-electron chi connectivity index (χ1n) is 5.45. The molecule has 0 aromatic carbocycles. The molecule has 0 saturated heterocycles. The van der Waals surface area contributed by atoms with E-state index in [9.17, 15) is 0 Å². The molecule has 13 heavy (non-hydrogen) atoms. The molecule has 0 radical (unpaired) electrons. The molecule has 0 aliphatic heterocycles. The van der Waals surface area contributed by atoms with E-state index in [0.717, 1.165) is 24.7 Å². The molecule has 0 spiro atoms. The Morgan fingerprint density at radius 1 is 1.08 bits per heavy atom. The number of aliphatic hydroxyl groups is 2. The number of hydrogen-bond acceptors (Lipinski definition) is 2. The van der Waals surface area contributed by atoms with E-state index >= 15 is 0 Å². The van der Waals surface area contributed by atoms with E-state index in [1.807, 2.05) is 0 Å². The Kier molecular flexibility index (Phi) is 4.20. The molecule has 1 rings (SSSR count). The Morgan fingerprint density at radius 3 is 2.00 bits per heavy atom. The average molecular weight is 186 g/mol. The van der Waals surface area contributed by atoms with Crippen LogP contribution in [0.4, 0.5) is 0 Å². The lowest BCUT2D eigenvalue weighted by Crippen LogP contribution is -2.25. The Labute approximate surface area is 81.0 Å². The van der Waals surface area contributed by atoms with Crippen molar-refractivity contribution in [2.45, 2.75) is 52.2 Å². The predicted molar refractivity (Wildman–Crippen MR) is 53.1 cm³/mol. The molecule has 0 heterocycles. The summed E-state index contributed by atoms with van der Waals surface area (Å²) in [4.78, 5) is 0. The Balaban J connectivity index is 2.22. The molecular formula is C11H22O2. The topological polar surface area (TPSA) is 40.5 Å². The largest absolute Gasteiger partial charge is 0.368 e. The molecule has 0 bridgehead atoms. The third kappa shape index (κ3) is 3.65. The van der Waals surface area contributed by atoms with Crippen molar-refractivity contribution >= 4 is 0 Å². The number of rotatable bonds is 3. The minimum Gasteiger partial charge on any atom is -0.368 e. The molecule has 1 fully saturated rings. The minimum atomic E-state index is -1.08. The van der Waals surface area contributed by atoms with Gasteiger partial charge in [0.25, 0.3) is 0 Å². The summed E-state index contributed by atoms with van der Waals surface area (Å²) < 4.78 is 0. The van der Waals surface area contributed by atoms with E-state index in [0.29, 0.717) is 0 Å². The quantitative estimate of drug-likeness (QED) is 0.663. The van der Waals surface area contributed by atoms with Crippen LogP contribution < -0.4 is 0 Å². The van der Waals surface area contributed by atoms with Crippen LogP contribution >= 0.6 is 0 Å². The van der Waals surface area contributed by atoms with Gasteiger partial charge in [0, 0.05) is 5.92 Å². The molecule has 0 aromatic heterocycles. The third-order valence-electron chi connectivity index (χ3n) is 3.12. The zero-order chi connectivity index (χ0) is 9.84. The molecular weight excluding hydrogens is 164 g/mol. The van der Waals surface area contributed by atoms with Crippen molar-refractivity contribution in [2.75, 3.05) is 0 Å². The van der Waals surface area contributed by atoms with E-state index in [2.05, 4.69) is 13.8 Å². The Bertz CT molecular complexity index is 135. The first-order chi connectivity index (χ1) is 6.09. The van der Waals surface area contributed by atoms with Gasteiger partial charge in [0.05, 0.1) is 0 Å². The maximum absolute atomic E-state index is 9.00. The molecule has 0 amide bonds. The lowest BCUT2D eigenvalue weighted by molar-refractivity contribution is -0.0962. The van der Waals surface area contributed by atoms with E-state index in [1.54, 1.807) is 0 Å². The van der Waals surface area contributed by atoms with Crippen molar-refractivity contribution in [1.29, 1.82) is 0 Å². The molecule has 2 heteroatoms. The lowest BCUT2D eigenvalue weighted by Gasteiger charge is -2.30. The van der Waals surface area contributed by atoms with Gasteiger partial charge in [-0.05, 0) is 43.9 Å². The third-order valence-corrected chi connectivity index (χ3v) is 3.12. The van der Waals surface area contributed by atoms with Crippen LogP contribution in [-0.2, 0) is 0 Å².